The van der Waals surface area contributed by atoms with Crippen LogP contribution in [0, 0.1) is 30.6 Å². The zero-order valence-electron chi connectivity index (χ0n) is 13.2. The van der Waals surface area contributed by atoms with Gasteiger partial charge in [-0.05, 0) is 91.2 Å². The number of benzene rings is 1. The van der Waals surface area contributed by atoms with Crippen molar-refractivity contribution in [3.05, 3.63) is 34.9 Å². The lowest BCUT2D eigenvalue weighted by molar-refractivity contribution is -0.00279. The predicted molar refractivity (Wildman–Crippen MR) is 85.1 cm³/mol. The van der Waals surface area contributed by atoms with Crippen molar-refractivity contribution in [3.8, 4) is 0 Å². The van der Waals surface area contributed by atoms with Gasteiger partial charge < -0.3 is 0 Å². The van der Waals surface area contributed by atoms with Crippen LogP contribution >= 0.6 is 0 Å². The van der Waals surface area contributed by atoms with Crippen LogP contribution < -0.4 is 0 Å². The van der Waals surface area contributed by atoms with Gasteiger partial charge in [-0.25, -0.2) is 0 Å². The van der Waals surface area contributed by atoms with Gasteiger partial charge in [-0.3, -0.25) is 0 Å². The Hall–Kier alpha value is -0.780. The summed E-state index contributed by atoms with van der Waals surface area (Å²) in [4.78, 5) is 0. The average molecular weight is 268 g/mol. The van der Waals surface area contributed by atoms with Crippen LogP contribution in [0.4, 0.5) is 0 Å². The zero-order valence-corrected chi connectivity index (χ0v) is 13.2. The van der Waals surface area contributed by atoms with Crippen LogP contribution in [0.5, 0.6) is 0 Å². The minimum absolute atomic E-state index is 0.655. The van der Waals surface area contributed by atoms with Crippen molar-refractivity contribution in [2.24, 2.45) is 23.7 Å². The number of hydrogen-bond donors (Lipinski definition) is 0. The maximum atomic E-state index is 2.53. The Kier molecular flexibility index (Phi) is 2.98. The van der Waals surface area contributed by atoms with E-state index in [1.807, 2.05) is 0 Å². The summed E-state index contributed by atoms with van der Waals surface area (Å²) in [5.74, 6) is 5.74. The van der Waals surface area contributed by atoms with Crippen molar-refractivity contribution in [3.63, 3.8) is 0 Å². The molecule has 0 heteroatoms. The zero-order chi connectivity index (χ0) is 13.9. The predicted octanol–water partition coefficient (Wildman–Crippen LogP) is 5.66. The molecule has 0 unspecified atom stereocenters. The molecule has 4 saturated carbocycles. The lowest BCUT2D eigenvalue weighted by atomic mass is 9.50. The SMILES string of the molecule is Cc1cc(C2C3CC4CC(C3)CC2C4)ccc1C(C)C. The summed E-state index contributed by atoms with van der Waals surface area (Å²) < 4.78 is 0. The van der Waals surface area contributed by atoms with Crippen LogP contribution in [-0.4, -0.2) is 0 Å². The summed E-state index contributed by atoms with van der Waals surface area (Å²) in [5.41, 5.74) is 4.73. The van der Waals surface area contributed by atoms with Gasteiger partial charge >= 0.3 is 0 Å². The van der Waals surface area contributed by atoms with E-state index in [0.717, 1.165) is 29.6 Å². The highest BCUT2D eigenvalue weighted by atomic mass is 14.5. The highest BCUT2D eigenvalue weighted by Gasteiger charge is 2.48. The van der Waals surface area contributed by atoms with Crippen molar-refractivity contribution in [1.29, 1.82) is 0 Å². The van der Waals surface area contributed by atoms with E-state index in [9.17, 15) is 0 Å². The summed E-state index contributed by atoms with van der Waals surface area (Å²) in [6.45, 7) is 6.94. The second-order valence-corrected chi connectivity index (χ2v) is 8.23. The standard InChI is InChI=1S/C20H28/c1-12(2)19-5-4-16(6-13(19)3)20-17-8-14-7-15(10-17)11-18(20)9-14/h4-6,12,14-15,17-18,20H,7-11H2,1-3H3. The molecule has 1 aromatic carbocycles. The minimum Gasteiger partial charge on any atom is -0.0587 e. The molecular formula is C20H28. The van der Waals surface area contributed by atoms with Crippen molar-refractivity contribution >= 4 is 0 Å². The molecule has 0 aliphatic heterocycles. The molecule has 0 N–H and O–H groups in total. The van der Waals surface area contributed by atoms with Gasteiger partial charge in [0.2, 0.25) is 0 Å². The van der Waals surface area contributed by atoms with E-state index in [1.54, 1.807) is 12.0 Å². The first-order chi connectivity index (χ1) is 9.61. The maximum absolute atomic E-state index is 2.53. The fourth-order valence-corrected chi connectivity index (χ4v) is 6.02. The van der Waals surface area contributed by atoms with Crippen molar-refractivity contribution < 1.29 is 0 Å². The molecule has 20 heavy (non-hydrogen) atoms. The van der Waals surface area contributed by atoms with E-state index in [0.29, 0.717) is 5.92 Å². The third-order valence-corrected chi connectivity index (χ3v) is 6.53. The van der Waals surface area contributed by atoms with E-state index in [2.05, 4.69) is 39.0 Å². The summed E-state index contributed by atoms with van der Waals surface area (Å²) in [6, 6.07) is 7.41. The fourth-order valence-electron chi connectivity index (χ4n) is 6.02. The van der Waals surface area contributed by atoms with Gasteiger partial charge in [-0.1, -0.05) is 32.0 Å². The summed E-state index contributed by atoms with van der Waals surface area (Å²) >= 11 is 0. The molecular weight excluding hydrogens is 240 g/mol. The number of aryl methyl sites for hydroxylation is 1. The molecule has 0 radical (unpaired) electrons. The van der Waals surface area contributed by atoms with Gasteiger partial charge in [0.05, 0.1) is 0 Å². The van der Waals surface area contributed by atoms with Gasteiger partial charge in [0.15, 0.2) is 0 Å². The molecule has 0 saturated heterocycles. The van der Waals surface area contributed by atoms with Crippen molar-refractivity contribution in [2.75, 3.05) is 0 Å². The Morgan fingerprint density at radius 1 is 0.900 bits per heavy atom. The van der Waals surface area contributed by atoms with Gasteiger partial charge in [0.25, 0.3) is 0 Å². The van der Waals surface area contributed by atoms with Crippen LogP contribution in [0.25, 0.3) is 0 Å². The molecule has 5 rings (SSSR count). The molecule has 0 atom stereocenters. The normalized spacial score (nSPS) is 38.7. The largest absolute Gasteiger partial charge is 0.0587 e. The Balaban J connectivity index is 1.66. The topological polar surface area (TPSA) is 0 Å². The lowest BCUT2D eigenvalue weighted by Gasteiger charge is -2.54. The number of hydrogen-bond acceptors (Lipinski definition) is 0. The average Bonchev–Trinajstić information content (AvgIpc) is 2.37. The minimum atomic E-state index is 0.655. The maximum Gasteiger partial charge on any atom is -0.0105 e. The Morgan fingerprint density at radius 3 is 2.00 bits per heavy atom. The third kappa shape index (κ3) is 1.95. The molecule has 0 spiro atoms. The molecule has 4 aliphatic rings. The van der Waals surface area contributed by atoms with Crippen molar-refractivity contribution in [1.82, 2.24) is 0 Å². The first-order valence-electron chi connectivity index (χ1n) is 8.72. The Labute approximate surface area is 124 Å². The summed E-state index contributed by atoms with van der Waals surface area (Å²) in [5, 5.41) is 0. The molecule has 4 bridgehead atoms. The van der Waals surface area contributed by atoms with Crippen molar-refractivity contribution in [2.45, 2.75) is 64.7 Å². The lowest BCUT2D eigenvalue weighted by Crippen LogP contribution is -2.43. The van der Waals surface area contributed by atoms with Gasteiger partial charge in [-0.15, -0.1) is 0 Å². The first kappa shape index (κ1) is 12.9. The van der Waals surface area contributed by atoms with E-state index < -0.39 is 0 Å². The molecule has 4 aliphatic carbocycles. The van der Waals surface area contributed by atoms with Gasteiger partial charge in [0, 0.05) is 0 Å². The quantitative estimate of drug-likeness (QED) is 0.649. The van der Waals surface area contributed by atoms with Crippen LogP contribution in [0.2, 0.25) is 0 Å². The Bertz CT molecular complexity index is 483. The molecule has 4 fully saturated rings. The molecule has 108 valence electrons. The molecule has 0 heterocycles. The van der Waals surface area contributed by atoms with Gasteiger partial charge in [-0.2, -0.15) is 0 Å². The van der Waals surface area contributed by atoms with E-state index in [-0.39, 0.29) is 0 Å². The van der Waals surface area contributed by atoms with Crippen LogP contribution in [0.15, 0.2) is 18.2 Å². The summed E-state index contributed by atoms with van der Waals surface area (Å²) in [7, 11) is 0. The van der Waals surface area contributed by atoms with E-state index >= 15 is 0 Å². The molecule has 0 nitrogen and oxygen atoms in total. The van der Waals surface area contributed by atoms with Crippen LogP contribution in [0.3, 0.4) is 0 Å². The molecule has 0 aromatic heterocycles. The third-order valence-electron chi connectivity index (χ3n) is 6.53. The van der Waals surface area contributed by atoms with E-state index in [4.69, 9.17) is 0 Å². The number of rotatable bonds is 2. The monoisotopic (exact) mass is 268 g/mol. The highest BCUT2D eigenvalue weighted by molar-refractivity contribution is 5.36. The second kappa shape index (κ2) is 4.61. The fraction of sp³-hybridized carbons (Fsp3) is 0.700. The Morgan fingerprint density at radius 2 is 1.50 bits per heavy atom. The summed E-state index contributed by atoms with van der Waals surface area (Å²) in [6.07, 6.45) is 7.68. The van der Waals surface area contributed by atoms with E-state index in [1.165, 1.54) is 36.8 Å². The second-order valence-electron chi connectivity index (χ2n) is 8.23. The van der Waals surface area contributed by atoms with Gasteiger partial charge in [0.1, 0.15) is 0 Å². The molecule has 0 amide bonds. The van der Waals surface area contributed by atoms with Crippen LogP contribution in [0.1, 0.15) is 74.5 Å². The highest BCUT2D eigenvalue weighted by Crippen LogP contribution is 2.59. The van der Waals surface area contributed by atoms with Crippen LogP contribution in [-0.2, 0) is 0 Å². The molecule has 1 aromatic rings. The smallest absolute Gasteiger partial charge is 0.0105 e. The first-order valence-corrected chi connectivity index (χ1v) is 8.72.